The fourth-order valence-corrected chi connectivity index (χ4v) is 4.20. The Labute approximate surface area is 194 Å². The highest BCUT2D eigenvalue weighted by Gasteiger charge is 2.29. The van der Waals surface area contributed by atoms with E-state index in [1.54, 1.807) is 0 Å². The number of aliphatic carboxylic acids is 1. The molecule has 0 spiro atoms. The van der Waals surface area contributed by atoms with Gasteiger partial charge >= 0.3 is 12.1 Å². The van der Waals surface area contributed by atoms with Crippen molar-refractivity contribution in [1.29, 1.82) is 0 Å². The van der Waals surface area contributed by atoms with Crippen LogP contribution in [0.1, 0.15) is 62.5 Å². The second-order valence-electron chi connectivity index (χ2n) is 8.31. The summed E-state index contributed by atoms with van der Waals surface area (Å²) in [6, 6.07) is 15.6. The Kier molecular flexibility index (Phi) is 8.87. The number of nitrogens with one attached hydrogen (secondary N) is 2. The van der Waals surface area contributed by atoms with E-state index in [1.807, 2.05) is 31.2 Å². The van der Waals surface area contributed by atoms with Crippen LogP contribution in [-0.4, -0.2) is 42.3 Å². The smallest absolute Gasteiger partial charge is 0.407 e. The lowest BCUT2D eigenvalue weighted by Gasteiger charge is -2.19. The Bertz CT molecular complexity index is 929. The number of carboxylic acid groups (broad SMARTS) is 1. The summed E-state index contributed by atoms with van der Waals surface area (Å²) < 4.78 is 5.57. The number of ether oxygens (including phenoxy) is 1. The molecule has 0 bridgehead atoms. The molecule has 2 aromatic rings. The maximum atomic E-state index is 12.6. The fraction of sp³-hybridized carbons (Fsp3) is 0.423. The van der Waals surface area contributed by atoms with E-state index in [0.29, 0.717) is 25.8 Å². The Balaban J connectivity index is 1.55. The summed E-state index contributed by atoms with van der Waals surface area (Å²) in [4.78, 5) is 35.7. The Morgan fingerprint density at radius 3 is 2.21 bits per heavy atom. The molecule has 3 N–H and O–H groups in total. The lowest BCUT2D eigenvalue weighted by atomic mass is 9.98. The molecule has 7 nitrogen and oxygen atoms in total. The van der Waals surface area contributed by atoms with Crippen LogP contribution in [0, 0.1) is 0 Å². The van der Waals surface area contributed by atoms with E-state index in [2.05, 4.69) is 34.9 Å². The van der Waals surface area contributed by atoms with Crippen molar-refractivity contribution in [1.82, 2.24) is 10.6 Å². The molecule has 0 saturated carbocycles. The van der Waals surface area contributed by atoms with Crippen molar-refractivity contribution in [3.63, 3.8) is 0 Å². The van der Waals surface area contributed by atoms with Crippen LogP contribution in [0.25, 0.3) is 11.1 Å². The number of alkyl carbamates (subject to hydrolysis) is 1. The number of amides is 2. The van der Waals surface area contributed by atoms with E-state index >= 15 is 0 Å². The van der Waals surface area contributed by atoms with E-state index in [1.165, 1.54) is 0 Å². The summed E-state index contributed by atoms with van der Waals surface area (Å²) in [7, 11) is 0. The van der Waals surface area contributed by atoms with Crippen molar-refractivity contribution in [2.75, 3.05) is 13.2 Å². The largest absolute Gasteiger partial charge is 0.481 e. The van der Waals surface area contributed by atoms with Gasteiger partial charge in [0.15, 0.2) is 0 Å². The molecule has 0 heterocycles. The first-order chi connectivity index (χ1) is 16.0. The topological polar surface area (TPSA) is 105 Å². The Hall–Kier alpha value is -3.35. The minimum Gasteiger partial charge on any atom is -0.481 e. The zero-order valence-corrected chi connectivity index (χ0v) is 19.0. The molecule has 2 aromatic carbocycles. The van der Waals surface area contributed by atoms with Crippen LogP contribution >= 0.6 is 0 Å². The summed E-state index contributed by atoms with van der Waals surface area (Å²) in [5.74, 6) is -1.16. The third kappa shape index (κ3) is 6.57. The molecule has 0 aliphatic heterocycles. The van der Waals surface area contributed by atoms with Crippen molar-refractivity contribution >= 4 is 18.0 Å². The van der Waals surface area contributed by atoms with Crippen molar-refractivity contribution < 1.29 is 24.2 Å². The second-order valence-corrected chi connectivity index (χ2v) is 8.31. The highest BCUT2D eigenvalue weighted by Crippen LogP contribution is 2.44. The summed E-state index contributed by atoms with van der Waals surface area (Å²) in [6.07, 6.45) is 2.74. The van der Waals surface area contributed by atoms with Gasteiger partial charge in [0.25, 0.3) is 0 Å². The third-order valence-electron chi connectivity index (χ3n) is 5.92. The number of benzene rings is 2. The van der Waals surface area contributed by atoms with Gasteiger partial charge in [-0.05, 0) is 41.5 Å². The summed E-state index contributed by atoms with van der Waals surface area (Å²) in [6.45, 7) is 2.59. The molecule has 1 aliphatic rings. The molecular weight excluding hydrogens is 420 g/mol. The van der Waals surface area contributed by atoms with Crippen LogP contribution in [0.4, 0.5) is 4.79 Å². The molecule has 33 heavy (non-hydrogen) atoms. The van der Waals surface area contributed by atoms with Crippen molar-refractivity contribution in [2.45, 2.75) is 57.4 Å². The normalized spacial score (nSPS) is 13.0. The first-order valence-electron chi connectivity index (χ1n) is 11.6. The summed E-state index contributed by atoms with van der Waals surface area (Å²) in [5.41, 5.74) is 4.58. The molecule has 2 amide bonds. The lowest BCUT2D eigenvalue weighted by molar-refractivity contribution is -0.137. The minimum atomic E-state index is -0.848. The van der Waals surface area contributed by atoms with Crippen LogP contribution in [0.5, 0.6) is 0 Å². The molecule has 7 heteroatoms. The predicted octanol–water partition coefficient (Wildman–Crippen LogP) is 4.46. The van der Waals surface area contributed by atoms with E-state index < -0.39 is 18.1 Å². The molecule has 3 rings (SSSR count). The molecule has 176 valence electrons. The van der Waals surface area contributed by atoms with Gasteiger partial charge in [-0.1, -0.05) is 68.3 Å². The number of rotatable bonds is 12. The average Bonchev–Trinajstić information content (AvgIpc) is 3.13. The molecule has 0 saturated heterocycles. The number of unbranched alkanes of at least 4 members (excludes halogenated alkanes) is 2. The van der Waals surface area contributed by atoms with Gasteiger partial charge in [0.2, 0.25) is 5.91 Å². The van der Waals surface area contributed by atoms with Crippen molar-refractivity contribution in [3.05, 3.63) is 59.7 Å². The van der Waals surface area contributed by atoms with Crippen LogP contribution in [-0.2, 0) is 14.3 Å². The Morgan fingerprint density at radius 2 is 1.61 bits per heavy atom. The van der Waals surface area contributed by atoms with E-state index in [0.717, 1.165) is 35.1 Å². The quantitative estimate of drug-likeness (QED) is 0.413. The minimum absolute atomic E-state index is 0.0414. The van der Waals surface area contributed by atoms with E-state index in [9.17, 15) is 14.4 Å². The third-order valence-corrected chi connectivity index (χ3v) is 5.92. The number of hydrogen-bond acceptors (Lipinski definition) is 4. The van der Waals surface area contributed by atoms with Crippen LogP contribution in [0.2, 0.25) is 0 Å². The standard InChI is InChI=1S/C26H32N2O5/c1-2-3-14-23(25(31)27-16-9-8-15-24(29)30)28-26(32)33-17-22-20-12-6-4-10-18(20)19-11-5-7-13-21(19)22/h4-7,10-13,22-23H,2-3,8-9,14-17H2,1H3,(H,27,31)(H,28,32)(H,29,30). The molecular formula is C26H32N2O5. The molecule has 0 fully saturated rings. The van der Waals surface area contributed by atoms with Gasteiger partial charge in [-0.15, -0.1) is 0 Å². The van der Waals surface area contributed by atoms with E-state index in [-0.39, 0.29) is 24.9 Å². The number of carboxylic acids is 1. The van der Waals surface area contributed by atoms with Crippen molar-refractivity contribution in [2.24, 2.45) is 0 Å². The van der Waals surface area contributed by atoms with Gasteiger partial charge in [-0.25, -0.2) is 4.79 Å². The number of carbonyl (C=O) groups is 3. The first-order valence-corrected chi connectivity index (χ1v) is 11.6. The van der Waals surface area contributed by atoms with Crippen LogP contribution < -0.4 is 10.6 Å². The van der Waals surface area contributed by atoms with Gasteiger partial charge in [-0.2, -0.15) is 0 Å². The van der Waals surface area contributed by atoms with E-state index in [4.69, 9.17) is 9.84 Å². The fourth-order valence-electron chi connectivity index (χ4n) is 4.20. The monoisotopic (exact) mass is 452 g/mol. The van der Waals surface area contributed by atoms with Gasteiger partial charge in [0, 0.05) is 18.9 Å². The number of carbonyl (C=O) groups excluding carboxylic acids is 2. The second kappa shape index (κ2) is 12.0. The zero-order chi connectivity index (χ0) is 23.6. The van der Waals surface area contributed by atoms with Gasteiger partial charge in [-0.3, -0.25) is 9.59 Å². The van der Waals surface area contributed by atoms with Crippen LogP contribution in [0.15, 0.2) is 48.5 Å². The van der Waals surface area contributed by atoms with Gasteiger partial charge in [0.05, 0.1) is 0 Å². The maximum Gasteiger partial charge on any atom is 0.407 e. The molecule has 1 atom stereocenters. The Morgan fingerprint density at radius 1 is 0.970 bits per heavy atom. The molecule has 0 radical (unpaired) electrons. The maximum absolute atomic E-state index is 12.6. The van der Waals surface area contributed by atoms with Gasteiger partial charge in [0.1, 0.15) is 12.6 Å². The molecule has 1 unspecified atom stereocenters. The average molecular weight is 453 g/mol. The highest BCUT2D eigenvalue weighted by molar-refractivity contribution is 5.85. The van der Waals surface area contributed by atoms with Crippen LogP contribution in [0.3, 0.4) is 0 Å². The van der Waals surface area contributed by atoms with Crippen molar-refractivity contribution in [3.8, 4) is 11.1 Å². The molecule has 0 aromatic heterocycles. The predicted molar refractivity (Wildman–Crippen MR) is 126 cm³/mol. The summed E-state index contributed by atoms with van der Waals surface area (Å²) in [5, 5.41) is 14.2. The lowest BCUT2D eigenvalue weighted by Crippen LogP contribution is -2.47. The van der Waals surface area contributed by atoms with Gasteiger partial charge < -0.3 is 20.5 Å². The zero-order valence-electron chi connectivity index (χ0n) is 19.0. The number of fused-ring (bicyclic) bond motifs is 3. The SMILES string of the molecule is CCCCC(NC(=O)OCC1c2ccccc2-c2ccccc21)C(=O)NCCCCC(=O)O. The number of hydrogen-bond donors (Lipinski definition) is 3. The molecule has 1 aliphatic carbocycles. The summed E-state index contributed by atoms with van der Waals surface area (Å²) >= 11 is 0. The highest BCUT2D eigenvalue weighted by atomic mass is 16.5. The first kappa shape index (κ1) is 24.3.